The summed E-state index contributed by atoms with van der Waals surface area (Å²) in [5, 5.41) is 0. The lowest BCUT2D eigenvalue weighted by atomic mass is 10.1. The number of nitrogens with zero attached hydrogens (tertiary/aromatic N) is 2. The van der Waals surface area contributed by atoms with Gasteiger partial charge >= 0.3 is 0 Å². The van der Waals surface area contributed by atoms with Crippen molar-refractivity contribution >= 4 is 15.9 Å². The molecule has 0 aliphatic heterocycles. The van der Waals surface area contributed by atoms with Crippen molar-refractivity contribution in [2.24, 2.45) is 5.73 Å². The van der Waals surface area contributed by atoms with Crippen LogP contribution in [-0.2, 0) is 6.54 Å². The van der Waals surface area contributed by atoms with Gasteiger partial charge in [-0.25, -0.2) is 0 Å². The third-order valence-electron chi connectivity index (χ3n) is 3.55. The molecule has 0 radical (unpaired) electrons. The number of aromatic nitrogens is 1. The van der Waals surface area contributed by atoms with Crippen LogP contribution in [0, 0.1) is 6.92 Å². The van der Waals surface area contributed by atoms with Gasteiger partial charge in [0.2, 0.25) is 0 Å². The molecular formula is C16H20BrN3. The summed E-state index contributed by atoms with van der Waals surface area (Å²) in [6.45, 7) is 3.59. The summed E-state index contributed by atoms with van der Waals surface area (Å²) in [7, 11) is 2.10. The lowest BCUT2D eigenvalue weighted by molar-refractivity contribution is 0.241. The highest BCUT2D eigenvalue weighted by molar-refractivity contribution is 9.10. The predicted octanol–water partition coefficient (Wildman–Crippen LogP) is 3.28. The van der Waals surface area contributed by atoms with Gasteiger partial charge in [-0.1, -0.05) is 24.3 Å². The van der Waals surface area contributed by atoms with E-state index in [0.29, 0.717) is 6.54 Å². The molecule has 1 atom stereocenters. The van der Waals surface area contributed by atoms with Crippen LogP contribution in [0.5, 0.6) is 0 Å². The van der Waals surface area contributed by atoms with Crippen molar-refractivity contribution < 1.29 is 0 Å². The van der Waals surface area contributed by atoms with Crippen LogP contribution in [0.4, 0.5) is 0 Å². The molecular weight excluding hydrogens is 314 g/mol. The summed E-state index contributed by atoms with van der Waals surface area (Å²) in [6.07, 6.45) is 3.68. The molecule has 1 aromatic heterocycles. The summed E-state index contributed by atoms with van der Waals surface area (Å²) >= 11 is 3.47. The van der Waals surface area contributed by atoms with Crippen LogP contribution in [0.3, 0.4) is 0 Å². The SMILES string of the molecule is Cc1ccccc1CN(C)C(CN)c1cncc(Br)c1. The van der Waals surface area contributed by atoms with Crippen molar-refractivity contribution in [2.75, 3.05) is 13.6 Å². The Morgan fingerprint density at radius 3 is 2.70 bits per heavy atom. The molecule has 0 bridgehead atoms. The van der Waals surface area contributed by atoms with Crippen molar-refractivity contribution in [3.63, 3.8) is 0 Å². The van der Waals surface area contributed by atoms with Gasteiger partial charge in [0, 0.05) is 36.0 Å². The largest absolute Gasteiger partial charge is 0.329 e. The Hall–Kier alpha value is -1.23. The number of pyridine rings is 1. The molecule has 4 heteroatoms. The van der Waals surface area contributed by atoms with E-state index in [1.54, 1.807) is 6.20 Å². The molecule has 1 aromatic carbocycles. The number of halogens is 1. The fourth-order valence-corrected chi connectivity index (χ4v) is 2.73. The van der Waals surface area contributed by atoms with Crippen LogP contribution in [0.2, 0.25) is 0 Å². The van der Waals surface area contributed by atoms with Crippen LogP contribution in [0.25, 0.3) is 0 Å². The van der Waals surface area contributed by atoms with Gasteiger partial charge in [0.15, 0.2) is 0 Å². The second-order valence-electron chi connectivity index (χ2n) is 5.03. The maximum atomic E-state index is 5.96. The van der Waals surface area contributed by atoms with Crippen molar-refractivity contribution in [1.82, 2.24) is 9.88 Å². The molecule has 3 nitrogen and oxygen atoms in total. The zero-order valence-corrected chi connectivity index (χ0v) is 13.5. The number of hydrogen-bond donors (Lipinski definition) is 1. The standard InChI is InChI=1S/C16H20BrN3/c1-12-5-3-4-6-13(12)11-20(2)16(8-18)14-7-15(17)10-19-9-14/h3-7,9-10,16H,8,11,18H2,1-2H3. The summed E-state index contributed by atoms with van der Waals surface area (Å²) in [4.78, 5) is 6.50. The Labute approximate surface area is 129 Å². The zero-order chi connectivity index (χ0) is 14.5. The molecule has 106 valence electrons. The third kappa shape index (κ3) is 3.66. The van der Waals surface area contributed by atoms with Gasteiger partial charge in [-0.2, -0.15) is 0 Å². The van der Waals surface area contributed by atoms with Gasteiger partial charge < -0.3 is 5.73 Å². The van der Waals surface area contributed by atoms with Crippen LogP contribution in [0.1, 0.15) is 22.7 Å². The van der Waals surface area contributed by atoms with Crippen molar-refractivity contribution in [3.05, 3.63) is 63.9 Å². The maximum absolute atomic E-state index is 5.96. The van der Waals surface area contributed by atoms with Crippen molar-refractivity contribution in [1.29, 1.82) is 0 Å². The molecule has 0 fully saturated rings. The highest BCUT2D eigenvalue weighted by Crippen LogP contribution is 2.23. The van der Waals surface area contributed by atoms with Gasteiger partial charge in [0.05, 0.1) is 0 Å². The number of benzene rings is 1. The van der Waals surface area contributed by atoms with Gasteiger partial charge in [-0.3, -0.25) is 9.88 Å². The van der Waals surface area contributed by atoms with E-state index in [2.05, 4.69) is 70.1 Å². The first kappa shape index (κ1) is 15.2. The number of likely N-dealkylation sites (N-methyl/N-ethyl adjacent to an activating group) is 1. The van der Waals surface area contributed by atoms with E-state index < -0.39 is 0 Å². The molecule has 1 unspecified atom stereocenters. The lowest BCUT2D eigenvalue weighted by Crippen LogP contribution is -2.30. The molecule has 0 aliphatic carbocycles. The third-order valence-corrected chi connectivity index (χ3v) is 3.98. The maximum Gasteiger partial charge on any atom is 0.0486 e. The normalized spacial score (nSPS) is 12.7. The Bertz CT molecular complexity index is 571. The van der Waals surface area contributed by atoms with Gasteiger partial charge in [0.1, 0.15) is 0 Å². The van der Waals surface area contributed by atoms with E-state index in [9.17, 15) is 0 Å². The van der Waals surface area contributed by atoms with E-state index in [1.165, 1.54) is 11.1 Å². The first-order chi connectivity index (χ1) is 9.61. The van der Waals surface area contributed by atoms with Crippen molar-refractivity contribution in [2.45, 2.75) is 19.5 Å². The fourth-order valence-electron chi connectivity index (χ4n) is 2.35. The second kappa shape index (κ2) is 6.97. The molecule has 2 N–H and O–H groups in total. The Morgan fingerprint density at radius 1 is 1.30 bits per heavy atom. The number of nitrogens with two attached hydrogens (primary N) is 1. The number of rotatable bonds is 5. The van der Waals surface area contributed by atoms with E-state index in [-0.39, 0.29) is 6.04 Å². The Kier molecular flexibility index (Phi) is 5.29. The zero-order valence-electron chi connectivity index (χ0n) is 11.9. The molecule has 0 saturated heterocycles. The predicted molar refractivity (Wildman–Crippen MR) is 86.4 cm³/mol. The van der Waals surface area contributed by atoms with Crippen LogP contribution in [-0.4, -0.2) is 23.5 Å². The lowest BCUT2D eigenvalue weighted by Gasteiger charge is -2.27. The Balaban J connectivity index is 2.17. The fraction of sp³-hybridized carbons (Fsp3) is 0.312. The van der Waals surface area contributed by atoms with Gasteiger partial charge in [-0.15, -0.1) is 0 Å². The van der Waals surface area contributed by atoms with E-state index in [4.69, 9.17) is 5.73 Å². The summed E-state index contributed by atoms with van der Waals surface area (Å²) in [5.74, 6) is 0. The molecule has 0 spiro atoms. The second-order valence-corrected chi connectivity index (χ2v) is 5.95. The minimum Gasteiger partial charge on any atom is -0.329 e. The highest BCUT2D eigenvalue weighted by Gasteiger charge is 2.16. The highest BCUT2D eigenvalue weighted by atomic mass is 79.9. The van der Waals surface area contributed by atoms with E-state index in [1.807, 2.05) is 6.20 Å². The first-order valence-electron chi connectivity index (χ1n) is 6.67. The molecule has 0 amide bonds. The van der Waals surface area contributed by atoms with Crippen LogP contribution < -0.4 is 5.73 Å². The molecule has 2 aromatic rings. The molecule has 0 aliphatic rings. The minimum absolute atomic E-state index is 0.166. The molecule has 1 heterocycles. The monoisotopic (exact) mass is 333 g/mol. The number of aryl methyl sites for hydroxylation is 1. The molecule has 20 heavy (non-hydrogen) atoms. The molecule has 2 rings (SSSR count). The summed E-state index contributed by atoms with van der Waals surface area (Å²) in [6, 6.07) is 10.7. The molecule has 0 saturated carbocycles. The van der Waals surface area contributed by atoms with Crippen molar-refractivity contribution in [3.8, 4) is 0 Å². The smallest absolute Gasteiger partial charge is 0.0486 e. The van der Waals surface area contributed by atoms with E-state index in [0.717, 1.165) is 16.6 Å². The van der Waals surface area contributed by atoms with Crippen LogP contribution in [0.15, 0.2) is 47.2 Å². The summed E-state index contributed by atoms with van der Waals surface area (Å²) < 4.78 is 0.984. The minimum atomic E-state index is 0.166. The average molecular weight is 334 g/mol. The summed E-state index contributed by atoms with van der Waals surface area (Å²) in [5.41, 5.74) is 9.74. The van der Waals surface area contributed by atoms with Gasteiger partial charge in [0.25, 0.3) is 0 Å². The van der Waals surface area contributed by atoms with Gasteiger partial charge in [-0.05, 0) is 52.7 Å². The average Bonchev–Trinajstić information content (AvgIpc) is 2.42. The van der Waals surface area contributed by atoms with Crippen LogP contribution >= 0.6 is 15.9 Å². The van der Waals surface area contributed by atoms with E-state index >= 15 is 0 Å². The Morgan fingerprint density at radius 2 is 2.05 bits per heavy atom. The quantitative estimate of drug-likeness (QED) is 0.912. The number of hydrogen-bond acceptors (Lipinski definition) is 3. The first-order valence-corrected chi connectivity index (χ1v) is 7.46. The topological polar surface area (TPSA) is 42.1 Å².